The molecule has 1 amide bonds. The van der Waals surface area contributed by atoms with Gasteiger partial charge in [-0.3, -0.25) is 4.79 Å². The van der Waals surface area contributed by atoms with Crippen LogP contribution in [-0.4, -0.2) is 34.7 Å². The summed E-state index contributed by atoms with van der Waals surface area (Å²) in [5, 5.41) is 12.0. The van der Waals surface area contributed by atoms with Gasteiger partial charge in [-0.1, -0.05) is 12.2 Å². The number of amides is 1. The van der Waals surface area contributed by atoms with E-state index >= 15 is 0 Å². The molecule has 5 nitrogen and oxygen atoms in total. The minimum atomic E-state index is -0.893. The van der Waals surface area contributed by atoms with Crippen molar-refractivity contribution >= 4 is 11.9 Å². The van der Waals surface area contributed by atoms with Gasteiger partial charge in [-0.25, -0.2) is 4.79 Å². The van der Waals surface area contributed by atoms with E-state index in [0.29, 0.717) is 18.8 Å². The molecular formula is C15H21NO4. The number of esters is 1. The lowest BCUT2D eigenvalue weighted by atomic mass is 9.66. The van der Waals surface area contributed by atoms with Crippen molar-refractivity contribution in [3.63, 3.8) is 0 Å². The number of nitrogens with one attached hydrogen (secondary N) is 1. The van der Waals surface area contributed by atoms with Gasteiger partial charge in [0.25, 0.3) is 0 Å². The molecule has 2 N–H and O–H groups in total. The Morgan fingerprint density at radius 3 is 2.90 bits per heavy atom. The predicted octanol–water partition coefficient (Wildman–Crippen LogP) is 0.915. The van der Waals surface area contributed by atoms with Gasteiger partial charge in [0.2, 0.25) is 5.91 Å². The van der Waals surface area contributed by atoms with Crippen molar-refractivity contribution in [3.8, 4) is 0 Å². The van der Waals surface area contributed by atoms with Crippen LogP contribution in [0, 0.1) is 11.8 Å². The van der Waals surface area contributed by atoms with Crippen LogP contribution in [0.3, 0.4) is 0 Å². The van der Waals surface area contributed by atoms with E-state index in [9.17, 15) is 9.59 Å². The number of hydrogen-bond acceptors (Lipinski definition) is 4. The molecule has 0 aromatic carbocycles. The van der Waals surface area contributed by atoms with Crippen molar-refractivity contribution in [1.29, 1.82) is 0 Å². The topological polar surface area (TPSA) is 75.6 Å². The molecule has 2 aliphatic heterocycles. The van der Waals surface area contributed by atoms with E-state index in [4.69, 9.17) is 9.84 Å². The van der Waals surface area contributed by atoms with E-state index < -0.39 is 17.1 Å². The fraction of sp³-hybridized carbons (Fsp3) is 0.733. The van der Waals surface area contributed by atoms with Crippen molar-refractivity contribution in [2.45, 2.75) is 50.2 Å². The highest BCUT2D eigenvalue weighted by atomic mass is 16.6. The predicted molar refractivity (Wildman–Crippen MR) is 71.7 cm³/mol. The maximum Gasteiger partial charge on any atom is 0.336 e. The van der Waals surface area contributed by atoms with Crippen molar-refractivity contribution in [2.24, 2.45) is 11.8 Å². The fourth-order valence-electron chi connectivity index (χ4n) is 3.93. The molecule has 110 valence electrons. The van der Waals surface area contributed by atoms with Gasteiger partial charge < -0.3 is 15.2 Å². The summed E-state index contributed by atoms with van der Waals surface area (Å²) in [6, 6.07) is 0. The molecule has 1 aliphatic carbocycles. The minimum Gasteiger partial charge on any atom is -0.453 e. The zero-order valence-electron chi connectivity index (χ0n) is 11.7. The first-order chi connectivity index (χ1) is 9.53. The number of aliphatic hydroxyl groups excluding tert-OH is 1. The number of fused-ring (bicyclic) bond motifs is 1. The molecule has 0 unspecified atom stereocenters. The van der Waals surface area contributed by atoms with Crippen LogP contribution < -0.4 is 5.32 Å². The molecule has 2 heterocycles. The first-order valence-corrected chi connectivity index (χ1v) is 7.36. The summed E-state index contributed by atoms with van der Waals surface area (Å²) in [5.41, 5.74) is -1.70. The average Bonchev–Trinajstić information content (AvgIpc) is 2.59. The summed E-state index contributed by atoms with van der Waals surface area (Å²) in [6.45, 7) is 1.74. The minimum absolute atomic E-state index is 0.0787. The molecule has 4 atom stereocenters. The lowest BCUT2D eigenvalue weighted by Gasteiger charge is -2.52. The van der Waals surface area contributed by atoms with Crippen molar-refractivity contribution in [1.82, 2.24) is 5.32 Å². The number of hydrogen-bond donors (Lipinski definition) is 2. The zero-order valence-corrected chi connectivity index (χ0v) is 11.7. The summed E-state index contributed by atoms with van der Waals surface area (Å²) in [5.74, 6) is -0.637. The van der Waals surface area contributed by atoms with Crippen LogP contribution in [0.2, 0.25) is 0 Å². The standard InChI is InChI=1S/C15H21NO4/c1-14-11(7-8-17)12(18)16-15(14,13(19)20-14)9-10-5-3-2-4-6-10/h3,5,10-11,17H,2,4,6-9H2,1H3,(H,16,18)/t10-,11+,14+,15+/m1/s1. The fourth-order valence-corrected chi connectivity index (χ4v) is 3.93. The molecule has 2 fully saturated rings. The Balaban J connectivity index is 1.86. The SMILES string of the molecule is C[C@@]12OC(=O)[C@]1(C[C@@H]1C=CCCC1)NC(=O)[C@@H]2CCO. The Hall–Kier alpha value is -1.36. The van der Waals surface area contributed by atoms with Crippen LogP contribution in [0.5, 0.6) is 0 Å². The molecule has 0 aromatic rings. The van der Waals surface area contributed by atoms with Gasteiger partial charge in [0, 0.05) is 6.61 Å². The van der Waals surface area contributed by atoms with Crippen molar-refractivity contribution in [3.05, 3.63) is 12.2 Å². The van der Waals surface area contributed by atoms with Crippen LogP contribution in [-0.2, 0) is 14.3 Å². The number of aliphatic hydroxyl groups is 1. The molecule has 2 saturated heterocycles. The number of rotatable bonds is 4. The third-order valence-corrected chi connectivity index (χ3v) is 5.16. The van der Waals surface area contributed by atoms with Crippen LogP contribution >= 0.6 is 0 Å². The second-order valence-corrected chi connectivity index (χ2v) is 6.28. The number of allylic oxidation sites excluding steroid dienone is 2. The first kappa shape index (κ1) is 13.6. The number of carbonyl (C=O) groups is 2. The van der Waals surface area contributed by atoms with Gasteiger partial charge in [-0.15, -0.1) is 0 Å². The quantitative estimate of drug-likeness (QED) is 0.592. The molecule has 5 heteroatoms. The van der Waals surface area contributed by atoms with Gasteiger partial charge in [-0.05, 0) is 44.9 Å². The lowest BCUT2D eigenvalue weighted by molar-refractivity contribution is -0.222. The summed E-state index contributed by atoms with van der Waals surface area (Å²) in [4.78, 5) is 24.2. The van der Waals surface area contributed by atoms with E-state index in [2.05, 4.69) is 17.5 Å². The van der Waals surface area contributed by atoms with Gasteiger partial charge in [0.1, 0.15) is 0 Å². The van der Waals surface area contributed by atoms with Crippen LogP contribution in [0.15, 0.2) is 12.2 Å². The van der Waals surface area contributed by atoms with Gasteiger partial charge in [-0.2, -0.15) is 0 Å². The third-order valence-electron chi connectivity index (χ3n) is 5.16. The Morgan fingerprint density at radius 1 is 1.50 bits per heavy atom. The summed E-state index contributed by atoms with van der Waals surface area (Å²) in [7, 11) is 0. The number of ether oxygens (including phenoxy) is 1. The second kappa shape index (κ2) is 4.58. The van der Waals surface area contributed by atoms with E-state index in [1.165, 1.54) is 0 Å². The van der Waals surface area contributed by atoms with Gasteiger partial charge in [0.15, 0.2) is 11.1 Å². The highest BCUT2D eigenvalue weighted by molar-refractivity contribution is 6.01. The average molecular weight is 279 g/mol. The molecule has 0 aromatic heterocycles. The summed E-state index contributed by atoms with van der Waals surface area (Å²) < 4.78 is 5.37. The largest absolute Gasteiger partial charge is 0.453 e. The third kappa shape index (κ3) is 1.65. The summed E-state index contributed by atoms with van der Waals surface area (Å²) in [6.07, 6.45) is 8.48. The van der Waals surface area contributed by atoms with Crippen molar-refractivity contribution < 1.29 is 19.4 Å². The van der Waals surface area contributed by atoms with E-state index in [-0.39, 0.29) is 18.5 Å². The van der Waals surface area contributed by atoms with E-state index in [1.807, 2.05) is 6.92 Å². The normalized spacial score (nSPS) is 42.7. The molecule has 0 bridgehead atoms. The molecule has 0 radical (unpaired) electrons. The maximum atomic E-state index is 12.2. The van der Waals surface area contributed by atoms with Gasteiger partial charge >= 0.3 is 5.97 Å². The monoisotopic (exact) mass is 279 g/mol. The van der Waals surface area contributed by atoms with Gasteiger partial charge in [0.05, 0.1) is 5.92 Å². The Labute approximate surface area is 118 Å². The molecule has 3 rings (SSSR count). The van der Waals surface area contributed by atoms with E-state index in [1.54, 1.807) is 0 Å². The molecule has 0 spiro atoms. The van der Waals surface area contributed by atoms with Crippen molar-refractivity contribution in [2.75, 3.05) is 6.61 Å². The maximum absolute atomic E-state index is 12.2. The zero-order chi connectivity index (χ0) is 14.4. The lowest BCUT2D eigenvalue weighted by Crippen LogP contribution is -2.74. The molecule has 0 saturated carbocycles. The molecular weight excluding hydrogens is 258 g/mol. The van der Waals surface area contributed by atoms with Crippen LogP contribution in [0.25, 0.3) is 0 Å². The van der Waals surface area contributed by atoms with E-state index in [0.717, 1.165) is 19.3 Å². The smallest absolute Gasteiger partial charge is 0.336 e. The Morgan fingerprint density at radius 2 is 2.30 bits per heavy atom. The highest BCUT2D eigenvalue weighted by Gasteiger charge is 2.75. The van der Waals surface area contributed by atoms with Crippen LogP contribution in [0.4, 0.5) is 0 Å². The Kier molecular flexibility index (Phi) is 3.12. The Bertz CT molecular complexity index is 474. The molecule has 3 aliphatic rings. The summed E-state index contributed by atoms with van der Waals surface area (Å²) >= 11 is 0. The molecule has 20 heavy (non-hydrogen) atoms. The van der Waals surface area contributed by atoms with Crippen LogP contribution in [0.1, 0.15) is 39.0 Å². The second-order valence-electron chi connectivity index (χ2n) is 6.28. The highest BCUT2D eigenvalue weighted by Crippen LogP contribution is 2.53. The number of carbonyl (C=O) groups excluding carboxylic acids is 2. The first-order valence-electron chi connectivity index (χ1n) is 7.36.